The van der Waals surface area contributed by atoms with Gasteiger partial charge in [0, 0.05) is 6.04 Å². The number of hydrogen-bond acceptors (Lipinski definition) is 2. The molecule has 1 amide bonds. The number of carbonyl (C=O) groups is 1. The summed E-state index contributed by atoms with van der Waals surface area (Å²) in [5.74, 6) is 0.628. The Morgan fingerprint density at radius 1 is 1.35 bits per heavy atom. The van der Waals surface area contributed by atoms with Crippen molar-refractivity contribution in [2.75, 3.05) is 7.11 Å². The van der Waals surface area contributed by atoms with Crippen LogP contribution < -0.4 is 10.1 Å². The first-order valence-corrected chi connectivity index (χ1v) is 6.16. The van der Waals surface area contributed by atoms with Crippen LogP contribution in [-0.2, 0) is 0 Å². The van der Waals surface area contributed by atoms with Gasteiger partial charge in [-0.05, 0) is 31.9 Å². The lowest BCUT2D eigenvalue weighted by atomic mass is 10.1. The summed E-state index contributed by atoms with van der Waals surface area (Å²) in [6.07, 6.45) is 4.63. The van der Waals surface area contributed by atoms with Crippen molar-refractivity contribution >= 4 is 5.91 Å². The van der Waals surface area contributed by atoms with Crippen molar-refractivity contribution in [2.24, 2.45) is 0 Å². The van der Waals surface area contributed by atoms with E-state index in [0.717, 1.165) is 18.4 Å². The molecule has 1 saturated carbocycles. The highest BCUT2D eigenvalue weighted by molar-refractivity contribution is 5.97. The minimum Gasteiger partial charge on any atom is -0.496 e. The van der Waals surface area contributed by atoms with E-state index in [9.17, 15) is 4.79 Å². The quantitative estimate of drug-likeness (QED) is 0.871. The first kappa shape index (κ1) is 12.0. The predicted octanol–water partition coefficient (Wildman–Crippen LogP) is 2.68. The lowest BCUT2D eigenvalue weighted by Gasteiger charge is -2.14. The Labute approximate surface area is 102 Å². The zero-order valence-electron chi connectivity index (χ0n) is 10.5. The van der Waals surface area contributed by atoms with Gasteiger partial charge in [-0.25, -0.2) is 0 Å². The number of amides is 1. The molecule has 0 atom stereocenters. The van der Waals surface area contributed by atoms with E-state index in [1.165, 1.54) is 12.8 Å². The van der Waals surface area contributed by atoms with Gasteiger partial charge in [0.25, 0.3) is 5.91 Å². The van der Waals surface area contributed by atoms with E-state index in [2.05, 4.69) is 5.32 Å². The zero-order chi connectivity index (χ0) is 12.3. The largest absolute Gasteiger partial charge is 0.496 e. The molecule has 0 spiro atoms. The van der Waals surface area contributed by atoms with Crippen molar-refractivity contribution in [3.63, 3.8) is 0 Å². The molecule has 0 aromatic heterocycles. The van der Waals surface area contributed by atoms with Gasteiger partial charge in [0.05, 0.1) is 12.7 Å². The van der Waals surface area contributed by atoms with Gasteiger partial charge in [-0.3, -0.25) is 4.79 Å². The minimum absolute atomic E-state index is 0.0162. The summed E-state index contributed by atoms with van der Waals surface area (Å²) in [4.78, 5) is 12.1. The summed E-state index contributed by atoms with van der Waals surface area (Å²) in [5, 5.41) is 3.08. The van der Waals surface area contributed by atoms with Crippen LogP contribution in [-0.4, -0.2) is 19.1 Å². The number of aryl methyl sites for hydroxylation is 1. The molecule has 0 saturated heterocycles. The normalized spacial score (nSPS) is 15.9. The summed E-state index contributed by atoms with van der Waals surface area (Å²) in [6, 6.07) is 6.01. The molecule has 0 unspecified atom stereocenters. The molecule has 1 aliphatic carbocycles. The standard InChI is InChI=1S/C14H19NO2/c1-10-7-8-13(17-2)12(9-10)14(16)15-11-5-3-4-6-11/h7-9,11H,3-6H2,1-2H3,(H,15,16). The molecule has 1 fully saturated rings. The van der Waals surface area contributed by atoms with Crippen LogP contribution in [0.15, 0.2) is 18.2 Å². The Hall–Kier alpha value is -1.51. The average molecular weight is 233 g/mol. The number of methoxy groups -OCH3 is 1. The molecular formula is C14H19NO2. The van der Waals surface area contributed by atoms with Crippen LogP contribution in [0.5, 0.6) is 5.75 Å². The van der Waals surface area contributed by atoms with E-state index in [1.54, 1.807) is 7.11 Å². The Morgan fingerprint density at radius 2 is 2.06 bits per heavy atom. The van der Waals surface area contributed by atoms with Crippen molar-refractivity contribution in [1.82, 2.24) is 5.32 Å². The number of ether oxygens (including phenoxy) is 1. The summed E-state index contributed by atoms with van der Waals surface area (Å²) in [7, 11) is 1.59. The average Bonchev–Trinajstić information content (AvgIpc) is 2.81. The molecule has 0 bridgehead atoms. The monoisotopic (exact) mass is 233 g/mol. The van der Waals surface area contributed by atoms with E-state index in [4.69, 9.17) is 4.74 Å². The summed E-state index contributed by atoms with van der Waals surface area (Å²) >= 11 is 0. The highest BCUT2D eigenvalue weighted by Crippen LogP contribution is 2.22. The number of rotatable bonds is 3. The van der Waals surface area contributed by atoms with Gasteiger partial charge in [0.15, 0.2) is 0 Å². The van der Waals surface area contributed by atoms with Crippen LogP contribution in [0.1, 0.15) is 41.6 Å². The molecule has 0 aliphatic heterocycles. The van der Waals surface area contributed by atoms with Crippen LogP contribution in [0, 0.1) is 6.92 Å². The highest BCUT2D eigenvalue weighted by Gasteiger charge is 2.19. The van der Waals surface area contributed by atoms with E-state index >= 15 is 0 Å². The molecule has 2 rings (SSSR count). The second-order valence-corrected chi connectivity index (χ2v) is 4.66. The van der Waals surface area contributed by atoms with Gasteiger partial charge in [-0.1, -0.05) is 24.5 Å². The molecule has 3 heteroatoms. The molecule has 17 heavy (non-hydrogen) atoms. The van der Waals surface area contributed by atoms with Gasteiger partial charge >= 0.3 is 0 Å². The number of nitrogens with one attached hydrogen (secondary N) is 1. The predicted molar refractivity (Wildman–Crippen MR) is 67.5 cm³/mol. The first-order chi connectivity index (χ1) is 8.20. The van der Waals surface area contributed by atoms with E-state index in [1.807, 2.05) is 25.1 Å². The first-order valence-electron chi connectivity index (χ1n) is 6.16. The van der Waals surface area contributed by atoms with Crippen LogP contribution >= 0.6 is 0 Å². The summed E-state index contributed by atoms with van der Waals surface area (Å²) in [5.41, 5.74) is 1.71. The number of carbonyl (C=O) groups excluding carboxylic acids is 1. The molecule has 1 aromatic rings. The Morgan fingerprint density at radius 3 is 2.71 bits per heavy atom. The molecule has 1 N–H and O–H groups in total. The zero-order valence-corrected chi connectivity index (χ0v) is 10.5. The molecule has 1 aliphatic rings. The van der Waals surface area contributed by atoms with Crippen molar-refractivity contribution < 1.29 is 9.53 Å². The van der Waals surface area contributed by atoms with Crippen LogP contribution in [0.2, 0.25) is 0 Å². The Kier molecular flexibility index (Phi) is 3.67. The highest BCUT2D eigenvalue weighted by atomic mass is 16.5. The third-order valence-electron chi connectivity index (χ3n) is 3.29. The maximum absolute atomic E-state index is 12.1. The fraction of sp³-hybridized carbons (Fsp3) is 0.500. The second kappa shape index (κ2) is 5.21. The Bertz CT molecular complexity index is 409. The summed E-state index contributed by atoms with van der Waals surface area (Å²) < 4.78 is 5.23. The lowest BCUT2D eigenvalue weighted by Crippen LogP contribution is -2.32. The maximum atomic E-state index is 12.1. The van der Waals surface area contributed by atoms with Crippen LogP contribution in [0.4, 0.5) is 0 Å². The SMILES string of the molecule is COc1ccc(C)cc1C(=O)NC1CCCC1. The van der Waals surface area contributed by atoms with Crippen molar-refractivity contribution in [3.8, 4) is 5.75 Å². The molecule has 1 aromatic carbocycles. The summed E-state index contributed by atoms with van der Waals surface area (Å²) in [6.45, 7) is 1.98. The fourth-order valence-electron chi connectivity index (χ4n) is 2.33. The third kappa shape index (κ3) is 2.78. The fourth-order valence-corrected chi connectivity index (χ4v) is 2.33. The minimum atomic E-state index is -0.0162. The van der Waals surface area contributed by atoms with Gasteiger partial charge < -0.3 is 10.1 Å². The van der Waals surface area contributed by atoms with Gasteiger partial charge in [0.2, 0.25) is 0 Å². The smallest absolute Gasteiger partial charge is 0.255 e. The van der Waals surface area contributed by atoms with Crippen LogP contribution in [0.25, 0.3) is 0 Å². The van der Waals surface area contributed by atoms with E-state index in [0.29, 0.717) is 17.4 Å². The van der Waals surface area contributed by atoms with E-state index in [-0.39, 0.29) is 5.91 Å². The third-order valence-corrected chi connectivity index (χ3v) is 3.29. The topological polar surface area (TPSA) is 38.3 Å². The molecular weight excluding hydrogens is 214 g/mol. The Balaban J connectivity index is 2.14. The van der Waals surface area contributed by atoms with Gasteiger partial charge in [0.1, 0.15) is 5.75 Å². The van der Waals surface area contributed by atoms with Crippen molar-refractivity contribution in [2.45, 2.75) is 38.6 Å². The molecule has 0 radical (unpaired) electrons. The van der Waals surface area contributed by atoms with Gasteiger partial charge in [-0.15, -0.1) is 0 Å². The maximum Gasteiger partial charge on any atom is 0.255 e. The van der Waals surface area contributed by atoms with Gasteiger partial charge in [-0.2, -0.15) is 0 Å². The molecule has 92 valence electrons. The number of hydrogen-bond donors (Lipinski definition) is 1. The molecule has 3 nitrogen and oxygen atoms in total. The second-order valence-electron chi connectivity index (χ2n) is 4.66. The lowest BCUT2D eigenvalue weighted by molar-refractivity contribution is 0.0934. The molecule has 0 heterocycles. The van der Waals surface area contributed by atoms with E-state index < -0.39 is 0 Å². The van der Waals surface area contributed by atoms with Crippen molar-refractivity contribution in [1.29, 1.82) is 0 Å². The van der Waals surface area contributed by atoms with Crippen molar-refractivity contribution in [3.05, 3.63) is 29.3 Å². The van der Waals surface area contributed by atoms with Crippen LogP contribution in [0.3, 0.4) is 0 Å². The number of benzene rings is 1.